The van der Waals surface area contributed by atoms with Crippen LogP contribution in [0.3, 0.4) is 0 Å². The lowest BCUT2D eigenvalue weighted by Crippen LogP contribution is -2.67. The fourth-order valence-electron chi connectivity index (χ4n) is 2.96. The van der Waals surface area contributed by atoms with Crippen LogP contribution in [-0.2, 0) is 23.8 Å². The number of aliphatic hydroxyl groups is 6. The third-order valence-corrected chi connectivity index (χ3v) is 4.35. The number of carbonyl (C=O) groups excluding carboxylic acids is 1. The van der Waals surface area contributed by atoms with Crippen molar-refractivity contribution in [2.24, 2.45) is 0 Å². The third-order valence-electron chi connectivity index (χ3n) is 4.35. The zero-order valence-corrected chi connectivity index (χ0v) is 14.2. The number of carboxylic acid groups (broad SMARTS) is 1. The van der Waals surface area contributed by atoms with Crippen LogP contribution in [0.4, 0.5) is 0 Å². The van der Waals surface area contributed by atoms with Gasteiger partial charge in [0.25, 0.3) is 0 Å². The molecule has 0 aliphatic carbocycles. The van der Waals surface area contributed by atoms with E-state index in [1.807, 2.05) is 0 Å². The maximum absolute atomic E-state index is 11.2. The molecular weight excluding hydrogens is 374 g/mol. The number of hydrogen-bond donors (Lipinski definition) is 8. The van der Waals surface area contributed by atoms with Crippen molar-refractivity contribution in [3.63, 3.8) is 0 Å². The zero-order chi connectivity index (χ0) is 20.5. The van der Waals surface area contributed by atoms with Gasteiger partial charge in [0.15, 0.2) is 18.7 Å². The van der Waals surface area contributed by atoms with Crippen molar-refractivity contribution >= 4 is 11.9 Å². The summed E-state index contributed by atoms with van der Waals surface area (Å²) in [4.78, 5) is 22.4. The first-order chi connectivity index (χ1) is 12.6. The van der Waals surface area contributed by atoms with Crippen LogP contribution in [0.25, 0.3) is 0 Å². The number of carbonyl (C=O) groups is 2. The number of ether oxygens (including phenoxy) is 3. The summed E-state index contributed by atoms with van der Waals surface area (Å²) in [7, 11) is 0. The minimum absolute atomic E-state index is 0.610. The summed E-state index contributed by atoms with van der Waals surface area (Å²) in [6, 6.07) is -1.36. The van der Waals surface area contributed by atoms with E-state index in [1.165, 1.54) is 0 Å². The van der Waals surface area contributed by atoms with Crippen molar-refractivity contribution in [1.29, 1.82) is 0 Å². The minimum atomic E-state index is -1.94. The highest BCUT2D eigenvalue weighted by molar-refractivity contribution is 5.73. The number of aliphatic hydroxyl groups excluding tert-OH is 6. The Morgan fingerprint density at radius 3 is 2.15 bits per heavy atom. The Bertz CT molecular complexity index is 546. The van der Waals surface area contributed by atoms with Gasteiger partial charge in [-0.3, -0.25) is 4.79 Å². The maximum atomic E-state index is 11.2. The van der Waals surface area contributed by atoms with Crippen LogP contribution in [0.15, 0.2) is 0 Å². The van der Waals surface area contributed by atoms with Crippen LogP contribution in [0.5, 0.6) is 0 Å². The summed E-state index contributed by atoms with van der Waals surface area (Å²) in [6.45, 7) is 0.374. The van der Waals surface area contributed by atoms with E-state index in [9.17, 15) is 40.2 Å². The number of hydrogen-bond acceptors (Lipinski definition) is 11. The van der Waals surface area contributed by atoms with Gasteiger partial charge in [0.1, 0.15) is 42.7 Å². The van der Waals surface area contributed by atoms with E-state index in [0.717, 1.165) is 6.92 Å². The molecule has 1 unspecified atom stereocenters. The Morgan fingerprint density at radius 1 is 1.00 bits per heavy atom. The van der Waals surface area contributed by atoms with Crippen molar-refractivity contribution in [3.05, 3.63) is 0 Å². The van der Waals surface area contributed by atoms with E-state index < -0.39 is 79.8 Å². The summed E-state index contributed by atoms with van der Waals surface area (Å²) < 4.78 is 15.3. The molecule has 2 aliphatic heterocycles. The maximum Gasteiger partial charge on any atom is 0.335 e. The van der Waals surface area contributed by atoms with Crippen LogP contribution in [0.1, 0.15) is 6.92 Å². The van der Waals surface area contributed by atoms with Crippen molar-refractivity contribution < 1.29 is 59.5 Å². The third kappa shape index (κ3) is 4.53. The quantitative estimate of drug-likeness (QED) is 0.218. The molecule has 13 nitrogen and oxygen atoms in total. The monoisotopic (exact) mass is 397 g/mol. The molecular formula is C14H23NO12. The molecule has 2 heterocycles. The smallest absolute Gasteiger partial charge is 0.335 e. The SMILES string of the molecule is CC(=O)N[C@H]1C(O)O[C@H](CO)[C@@H](O[C@@H]2O[C@H](C(=O)O)[C@@H](O)[C@H](O)[C@H]2O)[C@@H]1O. The Balaban J connectivity index is 2.20. The number of rotatable bonds is 5. The van der Waals surface area contributed by atoms with Gasteiger partial charge in [0.05, 0.1) is 6.61 Å². The van der Waals surface area contributed by atoms with E-state index in [-0.39, 0.29) is 0 Å². The first kappa shape index (κ1) is 21.9. The molecule has 2 fully saturated rings. The molecule has 0 aromatic carbocycles. The Labute approximate surface area is 152 Å². The molecule has 2 aliphatic rings. The first-order valence-electron chi connectivity index (χ1n) is 8.06. The molecule has 0 aromatic heterocycles. The average Bonchev–Trinajstić information content (AvgIpc) is 2.60. The van der Waals surface area contributed by atoms with E-state index in [4.69, 9.17) is 19.3 Å². The minimum Gasteiger partial charge on any atom is -0.479 e. The van der Waals surface area contributed by atoms with Gasteiger partial charge >= 0.3 is 5.97 Å². The van der Waals surface area contributed by atoms with Crippen molar-refractivity contribution in [2.75, 3.05) is 6.61 Å². The van der Waals surface area contributed by atoms with Gasteiger partial charge in [-0.2, -0.15) is 0 Å². The molecule has 8 N–H and O–H groups in total. The Kier molecular flexibility index (Phi) is 7.07. The van der Waals surface area contributed by atoms with Gasteiger partial charge < -0.3 is 55.3 Å². The van der Waals surface area contributed by atoms with Crippen LogP contribution in [0, 0.1) is 0 Å². The molecule has 1 amide bonds. The van der Waals surface area contributed by atoms with E-state index in [1.54, 1.807) is 0 Å². The topological polar surface area (TPSA) is 215 Å². The summed E-state index contributed by atoms with van der Waals surface area (Å²) in [5.41, 5.74) is 0. The fraction of sp³-hybridized carbons (Fsp3) is 0.857. The second kappa shape index (κ2) is 8.72. The molecule has 10 atom stereocenters. The van der Waals surface area contributed by atoms with Gasteiger partial charge in [0.2, 0.25) is 5.91 Å². The van der Waals surface area contributed by atoms with E-state index in [0.29, 0.717) is 0 Å². The van der Waals surface area contributed by atoms with E-state index in [2.05, 4.69) is 5.32 Å². The van der Waals surface area contributed by atoms with E-state index >= 15 is 0 Å². The largest absolute Gasteiger partial charge is 0.479 e. The molecule has 2 saturated heterocycles. The molecule has 2 rings (SSSR count). The standard InChI is InChI=1S/C14H23NO12/c1-3(17)15-5-6(18)10(4(2-16)25-13(5)24)26-14-9(21)7(19)8(20)11(27-14)12(22)23/h4-11,13-14,16,18-21,24H,2H2,1H3,(H,15,17)(H,22,23)/t4-,5-,6-,7+,8+,9-,10-,11+,13?,14-/m1/s1. The second-order valence-corrected chi connectivity index (χ2v) is 6.30. The molecule has 0 bridgehead atoms. The summed E-state index contributed by atoms with van der Waals surface area (Å²) >= 11 is 0. The lowest BCUT2D eigenvalue weighted by Gasteiger charge is -2.45. The lowest BCUT2D eigenvalue weighted by molar-refractivity contribution is -0.340. The molecule has 0 aromatic rings. The van der Waals surface area contributed by atoms with Crippen molar-refractivity contribution in [1.82, 2.24) is 5.32 Å². The average molecular weight is 397 g/mol. The summed E-state index contributed by atoms with van der Waals surface area (Å²) in [5, 5.41) is 70.4. The van der Waals surface area contributed by atoms with Gasteiger partial charge in [-0.05, 0) is 0 Å². The summed E-state index contributed by atoms with van der Waals surface area (Å²) in [5.74, 6) is -2.24. The summed E-state index contributed by atoms with van der Waals surface area (Å²) in [6.07, 6.45) is -15.7. The predicted molar refractivity (Wildman–Crippen MR) is 80.8 cm³/mol. The van der Waals surface area contributed by atoms with Crippen molar-refractivity contribution in [2.45, 2.75) is 68.3 Å². The molecule has 0 saturated carbocycles. The van der Waals surface area contributed by atoms with Gasteiger partial charge in [0, 0.05) is 6.92 Å². The highest BCUT2D eigenvalue weighted by Crippen LogP contribution is 2.28. The zero-order valence-electron chi connectivity index (χ0n) is 14.2. The number of amides is 1. The van der Waals surface area contributed by atoms with Crippen LogP contribution >= 0.6 is 0 Å². The normalized spacial score (nSPS) is 45.3. The van der Waals surface area contributed by atoms with Crippen molar-refractivity contribution in [3.8, 4) is 0 Å². The highest BCUT2D eigenvalue weighted by atomic mass is 16.7. The molecule has 13 heteroatoms. The Hall–Kier alpha value is -1.42. The van der Waals surface area contributed by atoms with Crippen LogP contribution < -0.4 is 5.32 Å². The van der Waals surface area contributed by atoms with Gasteiger partial charge in [-0.1, -0.05) is 0 Å². The first-order valence-corrected chi connectivity index (χ1v) is 8.06. The lowest BCUT2D eigenvalue weighted by atomic mass is 9.95. The fourth-order valence-corrected chi connectivity index (χ4v) is 2.96. The molecule has 0 radical (unpaired) electrons. The number of nitrogens with one attached hydrogen (secondary N) is 1. The van der Waals surface area contributed by atoms with Gasteiger partial charge in [-0.15, -0.1) is 0 Å². The second-order valence-electron chi connectivity index (χ2n) is 6.30. The Morgan fingerprint density at radius 2 is 1.63 bits per heavy atom. The molecule has 27 heavy (non-hydrogen) atoms. The predicted octanol–water partition coefficient (Wildman–Crippen LogP) is -5.16. The number of aliphatic carboxylic acids is 1. The highest BCUT2D eigenvalue weighted by Gasteiger charge is 2.52. The number of carboxylic acids is 1. The van der Waals surface area contributed by atoms with Crippen LogP contribution in [0.2, 0.25) is 0 Å². The van der Waals surface area contributed by atoms with Gasteiger partial charge in [-0.25, -0.2) is 4.79 Å². The molecule has 156 valence electrons. The van der Waals surface area contributed by atoms with Crippen LogP contribution in [-0.4, -0.2) is 116 Å². The molecule has 0 spiro atoms.